The third-order valence-electron chi connectivity index (χ3n) is 3.63. The Morgan fingerprint density at radius 3 is 1.90 bits per heavy atom. The van der Waals surface area contributed by atoms with E-state index in [-0.39, 0.29) is 5.78 Å². The van der Waals surface area contributed by atoms with Crippen molar-refractivity contribution in [1.29, 1.82) is 0 Å². The lowest BCUT2D eigenvalue weighted by Crippen LogP contribution is -2.05. The Bertz CT molecular complexity index is 594. The van der Waals surface area contributed by atoms with Crippen molar-refractivity contribution in [3.8, 4) is 0 Å². The van der Waals surface area contributed by atoms with Gasteiger partial charge in [0.1, 0.15) is 0 Å². The van der Waals surface area contributed by atoms with Gasteiger partial charge in [-0.15, -0.1) is 0 Å². The zero-order valence-corrected chi connectivity index (χ0v) is 12.7. The molecule has 0 aliphatic heterocycles. The number of carbonyl (C=O) groups is 1. The largest absolute Gasteiger partial charge is 0.289 e. The van der Waals surface area contributed by atoms with Crippen molar-refractivity contribution in [3.05, 3.63) is 70.8 Å². The Morgan fingerprint density at radius 1 is 0.750 bits per heavy atom. The van der Waals surface area contributed by atoms with Crippen LogP contribution in [0, 0.1) is 0 Å². The van der Waals surface area contributed by atoms with E-state index < -0.39 is 0 Å². The summed E-state index contributed by atoms with van der Waals surface area (Å²) in [6.45, 7) is 8.75. The topological polar surface area (TPSA) is 17.1 Å². The molecule has 1 heteroatoms. The monoisotopic (exact) mass is 266 g/mol. The van der Waals surface area contributed by atoms with E-state index in [9.17, 15) is 4.79 Å². The van der Waals surface area contributed by atoms with Crippen LogP contribution < -0.4 is 0 Å². The molecule has 0 spiro atoms. The van der Waals surface area contributed by atoms with Gasteiger partial charge in [0.2, 0.25) is 0 Å². The smallest absolute Gasteiger partial charge is 0.193 e. The fraction of sp³-hybridized carbons (Fsp3) is 0.316. The first-order valence-corrected chi connectivity index (χ1v) is 7.24. The van der Waals surface area contributed by atoms with E-state index >= 15 is 0 Å². The lowest BCUT2D eigenvalue weighted by molar-refractivity contribution is 0.103. The highest BCUT2D eigenvalue weighted by atomic mass is 16.1. The van der Waals surface area contributed by atoms with E-state index in [0.717, 1.165) is 11.1 Å². The van der Waals surface area contributed by atoms with Gasteiger partial charge in [0, 0.05) is 11.1 Å². The van der Waals surface area contributed by atoms with Gasteiger partial charge in [-0.2, -0.15) is 0 Å². The normalized spacial score (nSPS) is 11.1. The molecular formula is C19H22O. The highest BCUT2D eigenvalue weighted by molar-refractivity contribution is 6.09. The predicted octanol–water partition coefficient (Wildman–Crippen LogP) is 5.16. The predicted molar refractivity (Wildman–Crippen MR) is 84.5 cm³/mol. The fourth-order valence-corrected chi connectivity index (χ4v) is 2.50. The molecule has 0 aliphatic rings. The second-order valence-electron chi connectivity index (χ2n) is 5.85. The van der Waals surface area contributed by atoms with Crippen molar-refractivity contribution >= 4 is 5.78 Å². The highest BCUT2D eigenvalue weighted by Crippen LogP contribution is 2.27. The van der Waals surface area contributed by atoms with E-state index in [4.69, 9.17) is 0 Å². The zero-order chi connectivity index (χ0) is 14.7. The Hall–Kier alpha value is -1.89. The number of rotatable bonds is 4. The van der Waals surface area contributed by atoms with E-state index in [2.05, 4.69) is 39.8 Å². The van der Waals surface area contributed by atoms with Crippen molar-refractivity contribution in [1.82, 2.24) is 0 Å². The minimum Gasteiger partial charge on any atom is -0.289 e. The number of carbonyl (C=O) groups excluding carboxylic acids is 1. The number of ketones is 1. The van der Waals surface area contributed by atoms with Crippen molar-refractivity contribution in [2.75, 3.05) is 0 Å². The number of hydrogen-bond acceptors (Lipinski definition) is 1. The third kappa shape index (κ3) is 2.98. The van der Waals surface area contributed by atoms with E-state index in [1.807, 2.05) is 36.4 Å². The highest BCUT2D eigenvalue weighted by Gasteiger charge is 2.14. The molecule has 0 radical (unpaired) electrons. The summed E-state index contributed by atoms with van der Waals surface area (Å²) in [5.74, 6) is 1.01. The molecule has 20 heavy (non-hydrogen) atoms. The lowest BCUT2D eigenvalue weighted by atomic mass is 9.88. The van der Waals surface area contributed by atoms with Gasteiger partial charge in [-0.1, -0.05) is 70.2 Å². The van der Waals surface area contributed by atoms with E-state index in [1.165, 1.54) is 11.1 Å². The molecule has 104 valence electrons. The molecule has 0 saturated heterocycles. The van der Waals surface area contributed by atoms with Crippen molar-refractivity contribution < 1.29 is 4.79 Å². The van der Waals surface area contributed by atoms with Gasteiger partial charge in [-0.3, -0.25) is 4.79 Å². The van der Waals surface area contributed by atoms with Gasteiger partial charge in [0.25, 0.3) is 0 Å². The second-order valence-corrected chi connectivity index (χ2v) is 5.85. The van der Waals surface area contributed by atoms with Crippen LogP contribution >= 0.6 is 0 Å². The van der Waals surface area contributed by atoms with E-state index in [0.29, 0.717) is 11.8 Å². The van der Waals surface area contributed by atoms with Crippen LogP contribution in [-0.4, -0.2) is 5.78 Å². The summed E-state index contributed by atoms with van der Waals surface area (Å²) >= 11 is 0. The third-order valence-corrected chi connectivity index (χ3v) is 3.63. The molecule has 0 fully saturated rings. The maximum Gasteiger partial charge on any atom is 0.193 e. The number of benzene rings is 2. The summed E-state index contributed by atoms with van der Waals surface area (Å²) in [7, 11) is 0. The van der Waals surface area contributed by atoms with Crippen LogP contribution in [0.15, 0.2) is 48.5 Å². The maximum atomic E-state index is 12.5. The summed E-state index contributed by atoms with van der Waals surface area (Å²) in [4.78, 5) is 12.5. The molecule has 2 aromatic rings. The van der Waals surface area contributed by atoms with Gasteiger partial charge in [-0.25, -0.2) is 0 Å². The number of hydrogen-bond donors (Lipinski definition) is 0. The van der Waals surface area contributed by atoms with E-state index in [1.54, 1.807) is 0 Å². The molecule has 2 aromatic carbocycles. The van der Waals surface area contributed by atoms with Gasteiger partial charge in [0.05, 0.1) is 0 Å². The van der Waals surface area contributed by atoms with Crippen LogP contribution in [0.25, 0.3) is 0 Å². The minimum absolute atomic E-state index is 0.0998. The molecule has 0 atom stereocenters. The first-order valence-electron chi connectivity index (χ1n) is 7.24. The zero-order valence-electron chi connectivity index (χ0n) is 12.7. The average molecular weight is 266 g/mol. The molecule has 0 bridgehead atoms. The van der Waals surface area contributed by atoms with Gasteiger partial charge >= 0.3 is 0 Å². The Balaban J connectivity index is 2.44. The second kappa shape index (κ2) is 6.04. The van der Waals surface area contributed by atoms with Gasteiger partial charge < -0.3 is 0 Å². The fourth-order valence-electron chi connectivity index (χ4n) is 2.50. The first kappa shape index (κ1) is 14.5. The van der Waals surface area contributed by atoms with Crippen molar-refractivity contribution in [2.45, 2.75) is 39.5 Å². The molecule has 0 heterocycles. The molecule has 0 saturated carbocycles. The van der Waals surface area contributed by atoms with Crippen LogP contribution in [0.4, 0.5) is 0 Å². The Labute approximate surface area is 121 Å². The molecule has 1 nitrogen and oxygen atoms in total. The van der Waals surface area contributed by atoms with Crippen molar-refractivity contribution in [2.24, 2.45) is 0 Å². The summed E-state index contributed by atoms with van der Waals surface area (Å²) in [5, 5.41) is 0. The average Bonchev–Trinajstić information content (AvgIpc) is 2.46. The van der Waals surface area contributed by atoms with Crippen LogP contribution in [0.1, 0.15) is 66.6 Å². The Morgan fingerprint density at radius 2 is 1.35 bits per heavy atom. The van der Waals surface area contributed by atoms with Crippen LogP contribution in [-0.2, 0) is 0 Å². The van der Waals surface area contributed by atoms with Crippen molar-refractivity contribution in [3.63, 3.8) is 0 Å². The molecule has 0 aliphatic carbocycles. The molecular weight excluding hydrogens is 244 g/mol. The summed E-state index contributed by atoms with van der Waals surface area (Å²) < 4.78 is 0. The Kier molecular flexibility index (Phi) is 4.39. The summed E-state index contributed by atoms with van der Waals surface area (Å²) in [5.41, 5.74) is 4.15. The van der Waals surface area contributed by atoms with Gasteiger partial charge in [0.15, 0.2) is 5.78 Å². The molecule has 0 N–H and O–H groups in total. The maximum absolute atomic E-state index is 12.5. The van der Waals surface area contributed by atoms with Crippen LogP contribution in [0.2, 0.25) is 0 Å². The van der Waals surface area contributed by atoms with Crippen LogP contribution in [0.3, 0.4) is 0 Å². The lowest BCUT2D eigenvalue weighted by Gasteiger charge is -2.17. The SMILES string of the molecule is CC(C)c1ccc(C(=O)c2ccccc2)cc1C(C)C. The molecule has 2 rings (SSSR count). The molecule has 0 amide bonds. The first-order chi connectivity index (χ1) is 9.50. The van der Waals surface area contributed by atoms with Gasteiger partial charge in [-0.05, 0) is 29.0 Å². The van der Waals surface area contributed by atoms with Crippen LogP contribution in [0.5, 0.6) is 0 Å². The summed E-state index contributed by atoms with van der Waals surface area (Å²) in [6, 6.07) is 15.6. The summed E-state index contributed by atoms with van der Waals surface area (Å²) in [6.07, 6.45) is 0. The quantitative estimate of drug-likeness (QED) is 0.698. The molecule has 0 unspecified atom stereocenters. The minimum atomic E-state index is 0.0998. The standard InChI is InChI=1S/C19H22O/c1-13(2)17-11-10-16(12-18(17)14(3)4)19(20)15-8-6-5-7-9-15/h5-14H,1-4H3. The molecule has 0 aromatic heterocycles.